The van der Waals surface area contributed by atoms with Crippen molar-refractivity contribution in [3.05, 3.63) is 0 Å². The maximum Gasteiger partial charge on any atom is 0.338 e. The molecular weight excluding hydrogens is 360 g/mol. The number of epoxide rings is 1. The second-order valence-electron chi connectivity index (χ2n) is 9.83. The van der Waals surface area contributed by atoms with Gasteiger partial charge in [0.2, 0.25) is 0 Å². The fourth-order valence-electron chi connectivity index (χ4n) is 4.49. The first kappa shape index (κ1) is 26.5. The molecule has 1 rings (SSSR count). The number of ether oxygens (including phenoxy) is 1. The van der Waals surface area contributed by atoms with E-state index in [0.717, 1.165) is 31.6 Å². The molecule has 0 bridgehead atoms. The lowest BCUT2D eigenvalue weighted by molar-refractivity contribution is -0.143. The average molecular weight is 411 g/mol. The molecular formula is C26H50O3. The monoisotopic (exact) mass is 410 g/mol. The number of hydrogen-bond acceptors (Lipinski definition) is 2. The molecule has 3 nitrogen and oxygen atoms in total. The Morgan fingerprint density at radius 2 is 1.28 bits per heavy atom. The molecule has 1 saturated heterocycles. The highest BCUT2D eigenvalue weighted by Crippen LogP contribution is 2.44. The van der Waals surface area contributed by atoms with Crippen LogP contribution in [0.5, 0.6) is 0 Å². The van der Waals surface area contributed by atoms with Crippen molar-refractivity contribution in [3.63, 3.8) is 0 Å². The Balaban J connectivity index is 1.94. The molecule has 2 atom stereocenters. The number of unbranched alkanes of at least 4 members (excludes halogenated alkanes) is 14. The van der Waals surface area contributed by atoms with Gasteiger partial charge < -0.3 is 9.84 Å². The number of hydrogen-bond donors (Lipinski definition) is 1. The molecule has 0 saturated carbocycles. The van der Waals surface area contributed by atoms with E-state index < -0.39 is 11.6 Å². The third-order valence-corrected chi connectivity index (χ3v) is 6.58. The quantitative estimate of drug-likeness (QED) is 0.153. The van der Waals surface area contributed by atoms with Crippen molar-refractivity contribution < 1.29 is 14.6 Å². The van der Waals surface area contributed by atoms with Gasteiger partial charge in [0.25, 0.3) is 0 Å². The van der Waals surface area contributed by atoms with E-state index in [9.17, 15) is 9.90 Å². The van der Waals surface area contributed by atoms with E-state index in [2.05, 4.69) is 20.8 Å². The van der Waals surface area contributed by atoms with Crippen LogP contribution in [0, 0.1) is 5.92 Å². The van der Waals surface area contributed by atoms with Crippen molar-refractivity contribution in [2.75, 3.05) is 0 Å². The second-order valence-corrected chi connectivity index (χ2v) is 9.83. The van der Waals surface area contributed by atoms with Gasteiger partial charge in [-0.05, 0) is 25.2 Å². The van der Waals surface area contributed by atoms with Gasteiger partial charge >= 0.3 is 5.97 Å². The minimum absolute atomic E-state index is 0.0298. The molecule has 172 valence electrons. The van der Waals surface area contributed by atoms with Gasteiger partial charge in [0, 0.05) is 0 Å². The molecule has 0 amide bonds. The number of carbonyl (C=O) groups is 1. The van der Waals surface area contributed by atoms with Crippen LogP contribution in [-0.4, -0.2) is 22.8 Å². The highest BCUT2D eigenvalue weighted by Gasteiger charge is 2.61. The Hall–Kier alpha value is -0.570. The minimum atomic E-state index is -0.838. The average Bonchev–Trinajstić information content (AvgIpc) is 3.39. The zero-order valence-electron chi connectivity index (χ0n) is 19.9. The van der Waals surface area contributed by atoms with Gasteiger partial charge in [0.1, 0.15) is 0 Å². The molecule has 0 aromatic rings. The number of carboxylic acid groups (broad SMARTS) is 1. The van der Waals surface area contributed by atoms with E-state index in [4.69, 9.17) is 4.74 Å². The molecule has 2 unspecified atom stereocenters. The summed E-state index contributed by atoms with van der Waals surface area (Å²) < 4.78 is 5.70. The lowest BCUT2D eigenvalue weighted by Gasteiger charge is -2.09. The third-order valence-electron chi connectivity index (χ3n) is 6.58. The van der Waals surface area contributed by atoms with Crippen molar-refractivity contribution in [2.45, 2.75) is 154 Å². The summed E-state index contributed by atoms with van der Waals surface area (Å²) in [5.41, 5.74) is -0.838. The van der Waals surface area contributed by atoms with Crippen molar-refractivity contribution in [3.8, 4) is 0 Å². The lowest BCUT2D eigenvalue weighted by Crippen LogP contribution is -2.27. The Morgan fingerprint density at radius 1 is 0.793 bits per heavy atom. The largest absolute Gasteiger partial charge is 0.479 e. The zero-order chi connectivity index (χ0) is 21.4. The third kappa shape index (κ3) is 12.0. The van der Waals surface area contributed by atoms with Gasteiger partial charge in [-0.15, -0.1) is 0 Å². The number of carboxylic acids is 1. The van der Waals surface area contributed by atoms with Crippen LogP contribution in [0.1, 0.15) is 143 Å². The van der Waals surface area contributed by atoms with Crippen molar-refractivity contribution in [2.24, 2.45) is 5.92 Å². The molecule has 3 heteroatoms. The first-order chi connectivity index (χ1) is 14.0. The summed E-state index contributed by atoms with van der Waals surface area (Å²) in [5.74, 6) is 0.00459. The first-order valence-electron chi connectivity index (χ1n) is 12.9. The van der Waals surface area contributed by atoms with Gasteiger partial charge in [-0.1, -0.05) is 124 Å². The van der Waals surface area contributed by atoms with Crippen molar-refractivity contribution >= 4 is 5.97 Å². The maximum atomic E-state index is 11.7. The highest BCUT2D eigenvalue weighted by atomic mass is 16.6. The molecule has 1 aliphatic heterocycles. The van der Waals surface area contributed by atoms with E-state index in [1.807, 2.05) is 0 Å². The van der Waals surface area contributed by atoms with Gasteiger partial charge in [0.05, 0.1) is 6.10 Å². The van der Waals surface area contributed by atoms with Crippen LogP contribution in [0.2, 0.25) is 0 Å². The fraction of sp³-hybridized carbons (Fsp3) is 0.962. The SMILES string of the molecule is CCCCCCCCCCCCCCCC1OC1(CCCCCC(C)C)C(=O)O. The minimum Gasteiger partial charge on any atom is -0.479 e. The summed E-state index contributed by atoms with van der Waals surface area (Å²) in [6.45, 7) is 6.76. The second kappa shape index (κ2) is 16.2. The Labute approximate surface area is 181 Å². The summed E-state index contributed by atoms with van der Waals surface area (Å²) in [7, 11) is 0. The van der Waals surface area contributed by atoms with E-state index >= 15 is 0 Å². The summed E-state index contributed by atoms with van der Waals surface area (Å²) in [6, 6.07) is 0. The predicted molar refractivity (Wildman–Crippen MR) is 123 cm³/mol. The molecule has 0 spiro atoms. The topological polar surface area (TPSA) is 49.8 Å². The van der Waals surface area contributed by atoms with Crippen LogP contribution in [-0.2, 0) is 9.53 Å². The Bertz CT molecular complexity index is 407. The molecule has 0 aromatic carbocycles. The summed E-state index contributed by atoms with van der Waals surface area (Å²) in [4.78, 5) is 11.7. The van der Waals surface area contributed by atoms with Gasteiger partial charge in [-0.25, -0.2) is 4.79 Å². The molecule has 0 radical (unpaired) electrons. The van der Waals surface area contributed by atoms with Gasteiger partial charge in [0.15, 0.2) is 5.60 Å². The molecule has 1 fully saturated rings. The standard InChI is InChI=1S/C26H50O3/c1-4-5-6-7-8-9-10-11-12-13-14-15-18-21-24-26(29-24,25(27)28)22-19-16-17-20-23(2)3/h23-24H,4-22H2,1-3H3,(H,27,28). The molecule has 1 aliphatic rings. The normalized spacial score (nSPS) is 21.0. The maximum absolute atomic E-state index is 11.7. The predicted octanol–water partition coefficient (Wildman–Crippen LogP) is 8.30. The fourth-order valence-corrected chi connectivity index (χ4v) is 4.49. The molecule has 1 heterocycles. The van der Waals surface area contributed by atoms with Gasteiger partial charge in [-0.2, -0.15) is 0 Å². The van der Waals surface area contributed by atoms with Crippen LogP contribution < -0.4 is 0 Å². The molecule has 0 aliphatic carbocycles. The summed E-state index contributed by atoms with van der Waals surface area (Å²) in [6.07, 6.45) is 23.7. The van der Waals surface area contributed by atoms with Gasteiger partial charge in [-0.3, -0.25) is 0 Å². The number of aliphatic carboxylic acids is 1. The van der Waals surface area contributed by atoms with E-state index in [1.165, 1.54) is 89.9 Å². The summed E-state index contributed by atoms with van der Waals surface area (Å²) in [5, 5.41) is 9.60. The van der Waals surface area contributed by atoms with E-state index in [0.29, 0.717) is 6.42 Å². The van der Waals surface area contributed by atoms with Crippen molar-refractivity contribution in [1.82, 2.24) is 0 Å². The van der Waals surface area contributed by atoms with Crippen molar-refractivity contribution in [1.29, 1.82) is 0 Å². The zero-order valence-corrected chi connectivity index (χ0v) is 19.9. The van der Waals surface area contributed by atoms with Crippen LogP contribution in [0.3, 0.4) is 0 Å². The number of rotatable bonds is 21. The van der Waals surface area contributed by atoms with Crippen LogP contribution in [0.25, 0.3) is 0 Å². The smallest absolute Gasteiger partial charge is 0.338 e. The van der Waals surface area contributed by atoms with Crippen LogP contribution in [0.4, 0.5) is 0 Å². The van der Waals surface area contributed by atoms with E-state index in [1.54, 1.807) is 0 Å². The first-order valence-corrected chi connectivity index (χ1v) is 12.9. The molecule has 1 N–H and O–H groups in total. The lowest BCUT2D eigenvalue weighted by atomic mass is 9.93. The Kier molecular flexibility index (Phi) is 14.8. The summed E-state index contributed by atoms with van der Waals surface area (Å²) >= 11 is 0. The highest BCUT2D eigenvalue weighted by molar-refractivity contribution is 5.81. The van der Waals surface area contributed by atoms with E-state index in [-0.39, 0.29) is 6.10 Å². The van der Waals surface area contributed by atoms with Crippen LogP contribution in [0.15, 0.2) is 0 Å². The van der Waals surface area contributed by atoms with Crippen LogP contribution >= 0.6 is 0 Å². The molecule has 0 aromatic heterocycles. The Morgan fingerprint density at radius 3 is 1.76 bits per heavy atom. The molecule has 29 heavy (non-hydrogen) atoms.